The van der Waals surface area contributed by atoms with Crippen LogP contribution in [0.5, 0.6) is 0 Å². The minimum absolute atomic E-state index is 0.0139. The average Bonchev–Trinajstić information content (AvgIpc) is 3.11. The Kier molecular flexibility index (Phi) is 3.97. The van der Waals surface area contributed by atoms with Gasteiger partial charge in [0.25, 0.3) is 0 Å². The topological polar surface area (TPSA) is 45.8 Å². The molecule has 1 aromatic heterocycles. The Morgan fingerprint density at radius 1 is 0.840 bits per heavy atom. The fourth-order valence-corrected chi connectivity index (χ4v) is 2.80. The zero-order chi connectivity index (χ0) is 17.1. The number of allylic oxidation sites excluding steroid dienone is 1. The molecule has 0 bridgehead atoms. The van der Waals surface area contributed by atoms with E-state index in [1.807, 2.05) is 84.9 Å². The van der Waals surface area contributed by atoms with Crippen molar-refractivity contribution in [1.82, 2.24) is 9.97 Å². The van der Waals surface area contributed by atoms with E-state index in [-0.39, 0.29) is 5.78 Å². The quantitative estimate of drug-likeness (QED) is 0.418. The summed E-state index contributed by atoms with van der Waals surface area (Å²) in [5, 5.41) is 0. The summed E-state index contributed by atoms with van der Waals surface area (Å²) in [4.78, 5) is 20.3. The van der Waals surface area contributed by atoms with Crippen LogP contribution >= 0.6 is 0 Å². The summed E-state index contributed by atoms with van der Waals surface area (Å²) in [5.74, 6) is 0.786. The van der Waals surface area contributed by atoms with Crippen LogP contribution in [0.3, 0.4) is 0 Å². The Bertz CT molecular complexity index is 1030. The molecule has 0 saturated heterocycles. The maximum Gasteiger partial charge on any atom is 0.185 e. The first-order valence-electron chi connectivity index (χ1n) is 8.13. The number of para-hydroxylation sites is 2. The van der Waals surface area contributed by atoms with E-state index in [2.05, 4.69) is 9.97 Å². The molecule has 0 aliphatic rings. The Morgan fingerprint density at radius 2 is 1.56 bits per heavy atom. The number of benzene rings is 3. The molecule has 1 N–H and O–H groups in total. The number of hydrogen-bond donors (Lipinski definition) is 1. The second kappa shape index (κ2) is 6.57. The van der Waals surface area contributed by atoms with Gasteiger partial charge in [-0.05, 0) is 23.8 Å². The molecule has 120 valence electrons. The van der Waals surface area contributed by atoms with Crippen molar-refractivity contribution in [1.29, 1.82) is 0 Å². The van der Waals surface area contributed by atoms with Crippen molar-refractivity contribution < 1.29 is 4.79 Å². The molecule has 3 aromatic carbocycles. The number of carbonyl (C=O) groups excluding carboxylic acids is 1. The molecule has 0 radical (unpaired) electrons. The van der Waals surface area contributed by atoms with Gasteiger partial charge in [0.15, 0.2) is 5.78 Å². The van der Waals surface area contributed by atoms with Gasteiger partial charge in [0, 0.05) is 11.1 Å². The number of nitrogens with one attached hydrogen (secondary N) is 1. The van der Waals surface area contributed by atoms with Crippen LogP contribution < -0.4 is 0 Å². The number of nitrogens with zero attached hydrogens (tertiary/aromatic N) is 1. The third kappa shape index (κ3) is 3.12. The van der Waals surface area contributed by atoms with Gasteiger partial charge in [-0.1, -0.05) is 72.8 Å². The molecular formula is C22H16N2O. The molecule has 0 unspecified atom stereocenters. The highest BCUT2D eigenvalue weighted by molar-refractivity contribution is 6.07. The van der Waals surface area contributed by atoms with Crippen LogP contribution in [0.1, 0.15) is 15.9 Å². The number of aromatic amines is 1. The molecule has 0 fully saturated rings. The van der Waals surface area contributed by atoms with Crippen molar-refractivity contribution in [3.8, 4) is 11.4 Å². The van der Waals surface area contributed by atoms with E-state index in [0.717, 1.165) is 28.0 Å². The first-order chi connectivity index (χ1) is 12.3. The second-order valence-corrected chi connectivity index (χ2v) is 5.75. The van der Waals surface area contributed by atoms with Crippen molar-refractivity contribution in [2.24, 2.45) is 0 Å². The zero-order valence-corrected chi connectivity index (χ0v) is 13.5. The summed E-state index contributed by atoms with van der Waals surface area (Å²) in [5.41, 5.74) is 4.52. The van der Waals surface area contributed by atoms with Gasteiger partial charge in [0.1, 0.15) is 5.82 Å². The maximum absolute atomic E-state index is 12.3. The predicted molar refractivity (Wildman–Crippen MR) is 101 cm³/mol. The minimum atomic E-state index is -0.0139. The summed E-state index contributed by atoms with van der Waals surface area (Å²) >= 11 is 0. The Labute approximate surface area is 145 Å². The molecule has 0 spiro atoms. The number of aromatic nitrogens is 2. The summed E-state index contributed by atoms with van der Waals surface area (Å²) in [6, 6.07) is 25.1. The van der Waals surface area contributed by atoms with Crippen LogP contribution in [0.4, 0.5) is 0 Å². The molecule has 3 nitrogen and oxygen atoms in total. The molecular weight excluding hydrogens is 308 g/mol. The number of imidazole rings is 1. The Hall–Kier alpha value is -3.46. The second-order valence-electron chi connectivity index (χ2n) is 5.75. The fourth-order valence-electron chi connectivity index (χ4n) is 2.80. The number of carbonyl (C=O) groups is 1. The van der Waals surface area contributed by atoms with Crippen LogP contribution in [0.15, 0.2) is 84.9 Å². The summed E-state index contributed by atoms with van der Waals surface area (Å²) in [6.07, 6.45) is 3.45. The Morgan fingerprint density at radius 3 is 2.40 bits per heavy atom. The smallest absolute Gasteiger partial charge is 0.185 e. The Balaban J connectivity index is 1.69. The lowest BCUT2D eigenvalue weighted by Crippen LogP contribution is -1.93. The standard InChI is InChI=1S/C22H16N2O/c25-21(17-9-2-1-3-10-17)15-14-16-8-4-5-11-18(16)22-23-19-12-6-7-13-20(19)24-22/h1-15H,(H,23,24). The predicted octanol–water partition coefficient (Wildman–Crippen LogP) is 5.13. The van der Waals surface area contributed by atoms with Gasteiger partial charge in [-0.2, -0.15) is 0 Å². The molecule has 1 heterocycles. The first-order valence-corrected chi connectivity index (χ1v) is 8.13. The molecule has 25 heavy (non-hydrogen) atoms. The highest BCUT2D eigenvalue weighted by Crippen LogP contribution is 2.24. The van der Waals surface area contributed by atoms with Crippen molar-refractivity contribution in [3.63, 3.8) is 0 Å². The lowest BCUT2D eigenvalue weighted by atomic mass is 10.0. The van der Waals surface area contributed by atoms with Crippen LogP contribution in [-0.4, -0.2) is 15.8 Å². The van der Waals surface area contributed by atoms with Crippen molar-refractivity contribution in [2.45, 2.75) is 0 Å². The molecule has 0 amide bonds. The monoisotopic (exact) mass is 324 g/mol. The number of hydrogen-bond acceptors (Lipinski definition) is 2. The molecule has 0 aliphatic heterocycles. The van der Waals surface area contributed by atoms with Crippen LogP contribution in [-0.2, 0) is 0 Å². The number of ketones is 1. The van der Waals surface area contributed by atoms with Crippen molar-refractivity contribution in [3.05, 3.63) is 96.1 Å². The lowest BCUT2D eigenvalue weighted by molar-refractivity contribution is 0.104. The van der Waals surface area contributed by atoms with Gasteiger partial charge in [0.2, 0.25) is 0 Å². The molecule has 0 atom stereocenters. The van der Waals surface area contributed by atoms with E-state index in [4.69, 9.17) is 0 Å². The minimum Gasteiger partial charge on any atom is -0.338 e. The fraction of sp³-hybridized carbons (Fsp3) is 0. The first kappa shape index (κ1) is 15.1. The van der Waals surface area contributed by atoms with Gasteiger partial charge < -0.3 is 4.98 Å². The van der Waals surface area contributed by atoms with E-state index < -0.39 is 0 Å². The molecule has 4 rings (SSSR count). The van der Waals surface area contributed by atoms with Gasteiger partial charge in [-0.3, -0.25) is 4.79 Å². The number of fused-ring (bicyclic) bond motifs is 1. The van der Waals surface area contributed by atoms with Crippen LogP contribution in [0.25, 0.3) is 28.5 Å². The van der Waals surface area contributed by atoms with Gasteiger partial charge in [0.05, 0.1) is 11.0 Å². The molecule has 0 aliphatic carbocycles. The van der Waals surface area contributed by atoms with E-state index in [1.54, 1.807) is 6.08 Å². The summed E-state index contributed by atoms with van der Waals surface area (Å²) in [6.45, 7) is 0. The third-order valence-electron chi connectivity index (χ3n) is 4.08. The molecule has 3 heteroatoms. The third-order valence-corrected chi connectivity index (χ3v) is 4.08. The van der Waals surface area contributed by atoms with Crippen LogP contribution in [0, 0.1) is 0 Å². The van der Waals surface area contributed by atoms with Crippen molar-refractivity contribution in [2.75, 3.05) is 0 Å². The van der Waals surface area contributed by atoms with E-state index in [0.29, 0.717) is 5.56 Å². The van der Waals surface area contributed by atoms with Gasteiger partial charge in [-0.15, -0.1) is 0 Å². The maximum atomic E-state index is 12.3. The highest BCUT2D eigenvalue weighted by atomic mass is 16.1. The summed E-state index contributed by atoms with van der Waals surface area (Å²) in [7, 11) is 0. The highest BCUT2D eigenvalue weighted by Gasteiger charge is 2.08. The zero-order valence-electron chi connectivity index (χ0n) is 13.5. The largest absolute Gasteiger partial charge is 0.338 e. The van der Waals surface area contributed by atoms with E-state index in [9.17, 15) is 4.79 Å². The van der Waals surface area contributed by atoms with Gasteiger partial charge in [-0.25, -0.2) is 4.98 Å². The van der Waals surface area contributed by atoms with Gasteiger partial charge >= 0.3 is 0 Å². The normalized spacial score (nSPS) is 11.2. The molecule has 4 aromatic rings. The lowest BCUT2D eigenvalue weighted by Gasteiger charge is -2.02. The van der Waals surface area contributed by atoms with Crippen molar-refractivity contribution >= 4 is 22.9 Å². The molecule has 0 saturated carbocycles. The average molecular weight is 324 g/mol. The van der Waals surface area contributed by atoms with E-state index in [1.165, 1.54) is 0 Å². The summed E-state index contributed by atoms with van der Waals surface area (Å²) < 4.78 is 0. The van der Waals surface area contributed by atoms with Crippen LogP contribution in [0.2, 0.25) is 0 Å². The number of H-pyrrole nitrogens is 1. The van der Waals surface area contributed by atoms with E-state index >= 15 is 0 Å². The number of rotatable bonds is 4. The SMILES string of the molecule is O=C(C=Cc1ccccc1-c1nc2ccccc2[nH]1)c1ccccc1.